The molecule has 516 valence electrons. The van der Waals surface area contributed by atoms with Crippen LogP contribution >= 0.6 is 0 Å². The van der Waals surface area contributed by atoms with Gasteiger partial charge in [-0.2, -0.15) is 13.2 Å². The Labute approximate surface area is 553 Å². The van der Waals surface area contributed by atoms with Gasteiger partial charge in [0, 0.05) is 23.3 Å². The average molecular weight is 1200 g/mol. The van der Waals surface area contributed by atoms with E-state index in [9.17, 15) is 13.2 Å². The second-order valence-electron chi connectivity index (χ2n) is 25.2. The number of hydrogen-bond acceptors (Lipinski definition) is 0. The molecule has 0 aliphatic heterocycles. The molecule has 0 N–H and O–H groups in total. The Morgan fingerprint density at radius 1 is 0.451 bits per heavy atom. The van der Waals surface area contributed by atoms with E-state index in [0.717, 1.165) is 63.2 Å². The smallest absolute Gasteiger partial charge is 0.171 e. The summed E-state index contributed by atoms with van der Waals surface area (Å²) in [6, 6.07) is 0. The number of rotatable bonds is 9. The van der Waals surface area contributed by atoms with E-state index < -0.39 is 56.7 Å². The Morgan fingerprint density at radius 3 is 0.744 bits per heavy atom. The minimum Gasteiger partial charge on any atom is -0.171 e. The fourth-order valence-electron chi connectivity index (χ4n) is 5.32. The van der Waals surface area contributed by atoms with Crippen LogP contribution in [-0.4, -0.2) is 6.18 Å². The molecule has 82 heavy (non-hydrogen) atoms. The third-order valence-electron chi connectivity index (χ3n) is 11.8. The van der Waals surface area contributed by atoms with Crippen LogP contribution < -0.4 is 0 Å². The fourth-order valence-corrected chi connectivity index (χ4v) is 5.32. The normalized spacial score (nSPS) is 19.9. The number of halogens is 3. The molecule has 0 nitrogen and oxygen atoms in total. The maximum Gasteiger partial charge on any atom is 0.391 e. The lowest BCUT2D eigenvalue weighted by molar-refractivity contribution is -0.170. The summed E-state index contributed by atoms with van der Waals surface area (Å²) >= 11 is 0. The highest BCUT2D eigenvalue weighted by molar-refractivity contribution is 4.65. The summed E-state index contributed by atoms with van der Waals surface area (Å²) in [6.07, 6.45) is 22.8. The van der Waals surface area contributed by atoms with Gasteiger partial charge in [-0.15, -0.1) is 0 Å². The quantitative estimate of drug-likeness (QED) is 0.216. The largest absolute Gasteiger partial charge is 0.391 e. The molecule has 0 saturated heterocycles. The van der Waals surface area contributed by atoms with Gasteiger partial charge < -0.3 is 0 Å². The molecule has 3 heteroatoms. The summed E-state index contributed by atoms with van der Waals surface area (Å²) in [5, 5.41) is 0. The van der Waals surface area contributed by atoms with Crippen LogP contribution in [0.2, 0.25) is 0 Å². The highest BCUT2D eigenvalue weighted by Crippen LogP contribution is 2.28. The van der Waals surface area contributed by atoms with Gasteiger partial charge in [-0.1, -0.05) is 441 Å². The van der Waals surface area contributed by atoms with Gasteiger partial charge in [0.15, 0.2) is 0 Å². The molecule has 4 aliphatic carbocycles. The highest BCUT2D eigenvalue weighted by Gasteiger charge is 2.34. The first-order chi connectivity index (χ1) is 43.9. The SMILES string of the molecule is CC.CC(C)C.CCC.CCC(C)C.CCC(C)C(F)(F)F.CCCC.CCCCC.[2H]C(C)(C)C.[2H]C([2H])(C)C(C)(C)C.[2H]C([2H])(C)C(C)C.[2H]C([2H])(C)C1CCCC1.[2H]C([2H])(C)C1CCCCC1.[2H]C([2H])(C)CC.[2H]C([2H])([2H])C([2H])(C)C.[2H]C1(C)CCCC1.[2H]C1(C)CCCCC1. The lowest BCUT2D eigenvalue weighted by Crippen LogP contribution is -2.18. The lowest BCUT2D eigenvalue weighted by atomic mass is 9.88. The van der Waals surface area contributed by atoms with E-state index in [2.05, 4.69) is 83.1 Å². The summed E-state index contributed by atoms with van der Waals surface area (Å²) in [5.41, 5.74) is -0.229. The van der Waals surface area contributed by atoms with Gasteiger partial charge in [0.2, 0.25) is 0 Å². The van der Waals surface area contributed by atoms with E-state index in [0.29, 0.717) is 18.3 Å². The molecule has 1 unspecified atom stereocenters. The predicted molar refractivity (Wildman–Crippen MR) is 390 cm³/mol. The third kappa shape index (κ3) is 178. The summed E-state index contributed by atoms with van der Waals surface area (Å²) < 4.78 is 156. The molecule has 0 aromatic rings. The van der Waals surface area contributed by atoms with E-state index in [1.165, 1.54) is 137 Å². The zero-order valence-corrected chi connectivity index (χ0v) is 63.7. The third-order valence-corrected chi connectivity index (χ3v) is 11.8. The number of unbranched alkanes of at least 4 members (excludes halogenated alkanes) is 3. The number of alkyl halides is 3. The molecule has 4 fully saturated rings. The molecule has 0 radical (unpaired) electrons. The van der Waals surface area contributed by atoms with Crippen molar-refractivity contribution in [1.82, 2.24) is 0 Å². The Kier molecular flexibility index (Phi) is 81.6. The molecule has 0 bridgehead atoms. The molecule has 4 saturated carbocycles. The van der Waals surface area contributed by atoms with Gasteiger partial charge in [0.05, 0.1) is 5.92 Å². The second-order valence-corrected chi connectivity index (χ2v) is 25.2. The van der Waals surface area contributed by atoms with Crippen LogP contribution in [0.4, 0.5) is 13.2 Å². The van der Waals surface area contributed by atoms with Crippen LogP contribution in [0.3, 0.4) is 0 Å². The molecule has 0 aromatic heterocycles. The molecule has 0 aromatic carbocycles. The van der Waals surface area contributed by atoms with E-state index in [1.54, 1.807) is 34.6 Å². The Bertz CT molecular complexity index is 1490. The maximum atomic E-state index is 11.4. The van der Waals surface area contributed by atoms with Crippen molar-refractivity contribution >= 4 is 0 Å². The summed E-state index contributed by atoms with van der Waals surface area (Å²) in [7, 11) is 0. The van der Waals surface area contributed by atoms with E-state index in [-0.39, 0.29) is 35.4 Å². The minimum absolute atomic E-state index is 0.0556. The maximum absolute atomic E-state index is 11.4. The van der Waals surface area contributed by atoms with Crippen molar-refractivity contribution in [3.8, 4) is 0 Å². The molecular formula is C79H179F3. The van der Waals surface area contributed by atoms with Crippen molar-refractivity contribution in [3.05, 3.63) is 0 Å². The standard InChI is InChI=1S/C8H16.2C7H14.C6H12.C6H14.C5H9F3.3C5H12.5C4H10.C3H8.C2H6/c1-2-8-6-4-3-5-7-8;1-7-5-3-2-4-6-7;1-2-7-5-3-4-6-7;1-6-4-2-3-5-6;1-5-6(2,3)4;1-3-4(2)5(6,7)8;2*1-4-5(2)3;1-3-5-4-2;3*1-4(2)3;2*1-3-4-2;1-3-2;1-2/h8H,2-7H2,1H3;2*7H,2-6H2,1H3;6H,2-5H2,1H3;5H2,1-4H3;4H,3H2,1-2H3;2*5H,4H2,1-3H3;3-5H2,1-2H3;3*4H,1-3H3;2*3-4H2,1-2H3;3H2,1-2H3;1-2H3/i2D2;7D;2D2;6D;5D2;;4D2;;;1D3,4D;4D;;3D2;;;. The van der Waals surface area contributed by atoms with Gasteiger partial charge in [0.25, 0.3) is 0 Å². The highest BCUT2D eigenvalue weighted by atomic mass is 19.4. The first-order valence-electron chi connectivity index (χ1n) is 42.9. The van der Waals surface area contributed by atoms with Crippen LogP contribution in [0, 0.1) is 64.5 Å². The molecule has 1 atom stereocenters. The summed E-state index contributed by atoms with van der Waals surface area (Å²) in [4.78, 5) is 0. The van der Waals surface area contributed by atoms with Crippen molar-refractivity contribution in [2.24, 2.45) is 64.5 Å². The van der Waals surface area contributed by atoms with Crippen molar-refractivity contribution in [2.45, 2.75) is 454 Å². The van der Waals surface area contributed by atoms with Crippen LogP contribution in [-0.2, 0) is 0 Å². The monoisotopic (exact) mass is 1200 g/mol. The molecular weight excluding hydrogens is 1010 g/mol. The van der Waals surface area contributed by atoms with Crippen molar-refractivity contribution in [1.29, 1.82) is 0 Å². The first kappa shape index (κ1) is 70.9. The predicted octanol–water partition coefficient (Wildman–Crippen LogP) is 32.7. The van der Waals surface area contributed by atoms with Crippen molar-refractivity contribution < 1.29 is 36.5 Å². The van der Waals surface area contributed by atoms with Gasteiger partial charge in [-0.3, -0.25) is 0 Å². The van der Waals surface area contributed by atoms with Crippen LogP contribution in [0.1, 0.15) is 471 Å². The van der Waals surface area contributed by atoms with Gasteiger partial charge in [-0.25, -0.2) is 0 Å². The molecule has 0 spiro atoms. The summed E-state index contributed by atoms with van der Waals surface area (Å²) in [5.74, 6) is -0.311. The van der Waals surface area contributed by atoms with Gasteiger partial charge in [-0.05, 0) is 65.0 Å². The van der Waals surface area contributed by atoms with Crippen LogP contribution in [0.25, 0.3) is 0 Å². The first-order valence-corrected chi connectivity index (χ1v) is 34.4. The van der Waals surface area contributed by atoms with Crippen molar-refractivity contribution in [3.63, 3.8) is 0 Å². The van der Waals surface area contributed by atoms with Gasteiger partial charge >= 0.3 is 6.18 Å². The number of hydrogen-bond donors (Lipinski definition) is 0. The zero-order valence-electron chi connectivity index (χ0n) is 80.7. The van der Waals surface area contributed by atoms with E-state index in [4.69, 9.17) is 23.3 Å². The molecule has 0 heterocycles. The van der Waals surface area contributed by atoms with Crippen molar-refractivity contribution in [2.75, 3.05) is 0 Å². The fraction of sp³-hybridized carbons (Fsp3) is 1.00. The average Bonchev–Trinajstić information content (AvgIpc) is 1.58. The molecule has 0 amide bonds. The Morgan fingerprint density at radius 2 is 0.671 bits per heavy atom. The van der Waals surface area contributed by atoms with E-state index in [1.807, 2.05) is 90.0 Å². The molecule has 4 aliphatic rings. The van der Waals surface area contributed by atoms with Crippen LogP contribution in [0.5, 0.6) is 0 Å². The topological polar surface area (TPSA) is 0 Å². The van der Waals surface area contributed by atoms with Crippen LogP contribution in [0.15, 0.2) is 0 Å². The summed E-state index contributed by atoms with van der Waals surface area (Å²) in [6.45, 7) is 62.6. The Balaban J connectivity index is -0.0000000825. The Hall–Kier alpha value is -0.210. The zero-order chi connectivity index (χ0) is 82.6. The lowest BCUT2D eigenvalue weighted by Gasteiger charge is -2.18. The van der Waals surface area contributed by atoms with E-state index >= 15 is 0 Å². The molecule has 4 rings (SSSR count). The van der Waals surface area contributed by atoms with Gasteiger partial charge in [0.1, 0.15) is 0 Å². The minimum atomic E-state index is -3.99. The second kappa shape index (κ2) is 94.5.